The van der Waals surface area contributed by atoms with Gasteiger partial charge in [-0.2, -0.15) is 70.2 Å². The van der Waals surface area contributed by atoms with E-state index in [0.29, 0.717) is 80.8 Å². The standard InChI is InChI=1S/C7H9NO3.C6H10N2O2.C6H10N2O.C6H9NO2S.C5H8FN3.C5H9N3S.2C5H9N3.C5H8N2O3.C5H8N2OS.C5H8N2O.C5H8N2S.C4H8N4S.C4H8N4.2C4H10.2C3H3NO2.CO2/c1-3(2)4-5(9)7(11)8-6(4)10;1-3(2)4-5(9)8-6(10)7-4;1-4(2)5-3-6(9)8-7-5;1-3(2)4-5(8)7-6(9)10-4;1-3(2)4-5(6)8-9-7-4;1-3(2)4-5(9)7-8-6-4;1-4(2)5-6-3-7-8-5;1-4(2)5-3-6-8-7-5;1-3(2)7-4(8)6-5(9)10-7;1-3(2)4-6-5(9)8-7-4;2*1-4(2)5-6-3-7-8-5;1-3(2)8-4(9)5-6-7-8;1-3(2)4-5-7-8-6-4;2*1-4(2)3;5-3-1-2-6-4-3;5-3-1-2-4-6-3;2-1-3/h3H,1-2H3,(H2,8,9,10,11);3-4H,1-2H3,(H2,7,8,9,10);4H,3H2,1-2H3,(H,8,9);3-4H,1-2H3,(H,7,8,9);3,5H,1-2H3;3H,1-2H3,(H2,6,7,8,9);2*3-4H,1-2H3,(H,6,7,8);3H,1-2H3,(H,6,8,9);3H,1-2H3,(H,6,7,9);2*3-4H,1-2H3;3H,1-2H3,(H,5,7,9);3H,1-2H3,(H,5,6,7,8);2*4H,1-3H3;1-2H,(H,4,5);1-2,4H;. The van der Waals surface area contributed by atoms with Crippen molar-refractivity contribution in [2.45, 2.75) is 313 Å². The SMILES string of the molecule is CC(C)C.CC(C)C.CC(C)C1=C(O)C(=O)NC1=O.CC(C)C1=NN=NC1F.CC(C)C1=NNC(=O)C1.CC(C)C1NC(=O)NC1=O.CC(C)C1SC(=O)NC1=O.CC(C)c1cn[nH]n1.CC(C)c1n[nH][nH]c1=S.CC(C)c1nc(=S)o[nH]1.CC(C)c1ncn[nH]1.CC(C)c1ncno1.CC(C)c1ncns1.CC(C)c1nn[nH]n1.CC(C)n1[nH]nnc1=S.CC(C)n1oc(=O)[nH]c1=O.O=C=O.O=c1cc[nH]o1.O=c1cco[nH]1. The lowest BCUT2D eigenvalue weighted by Crippen LogP contribution is -2.33. The number of carbonyl (C=O) groups excluding carboxylic acids is 9. The van der Waals surface area contributed by atoms with E-state index >= 15 is 0 Å². The highest BCUT2D eigenvalue weighted by atomic mass is 32.2. The van der Waals surface area contributed by atoms with Crippen molar-refractivity contribution in [1.82, 2.24) is 163 Å². The zero-order valence-corrected chi connectivity index (χ0v) is 94.5. The highest BCUT2D eigenvalue weighted by molar-refractivity contribution is 8.15. The smallest absolute Gasteiger partial charge is 0.440 e. The average Bonchev–Trinajstić information content (AvgIpc) is 1.68. The number of rotatable bonds is 14. The maximum atomic E-state index is 12.4. The fourth-order valence-corrected chi connectivity index (χ4v) is 11.2. The van der Waals surface area contributed by atoms with Crippen LogP contribution in [0.25, 0.3) is 0 Å². The number of carbonyl (C=O) groups is 7. The Morgan fingerprint density at radius 3 is 1.42 bits per heavy atom. The first-order valence-electron chi connectivity index (χ1n) is 46.7. The van der Waals surface area contributed by atoms with E-state index in [-0.39, 0.29) is 97.7 Å². The number of aromatic nitrogens is 27. The van der Waals surface area contributed by atoms with Crippen molar-refractivity contribution in [3.63, 3.8) is 0 Å². The van der Waals surface area contributed by atoms with Crippen LogP contribution in [0.15, 0.2) is 123 Å². The molecule has 2 fully saturated rings. The van der Waals surface area contributed by atoms with Crippen LogP contribution in [0, 0.1) is 55.7 Å². The summed E-state index contributed by atoms with van der Waals surface area (Å²) in [5, 5.41) is 91.7. The monoisotopic (exact) mass is 2190 g/mol. The molecule has 830 valence electrons. The van der Waals surface area contributed by atoms with Crippen LogP contribution in [-0.4, -0.2) is 218 Å². The second-order valence-corrected chi connectivity index (χ2v) is 39.5. The van der Waals surface area contributed by atoms with E-state index in [1.165, 1.54) is 48.8 Å². The number of urea groups is 1. The van der Waals surface area contributed by atoms with E-state index in [0.717, 1.165) is 67.9 Å². The van der Waals surface area contributed by atoms with Gasteiger partial charge in [0, 0.05) is 59.9 Å². The molecule has 0 aromatic carbocycles. The van der Waals surface area contributed by atoms with Gasteiger partial charge in [0.1, 0.15) is 57.7 Å². The van der Waals surface area contributed by atoms with E-state index < -0.39 is 35.3 Å². The second-order valence-electron chi connectivity index (χ2n) is 36.4. The number of halogens is 1. The van der Waals surface area contributed by atoms with E-state index in [4.69, 9.17) is 48.2 Å². The molecule has 0 spiro atoms. The summed E-state index contributed by atoms with van der Waals surface area (Å²) in [6.45, 7) is 68.1. The first-order chi connectivity index (χ1) is 69.6. The number of hydrogen-bond acceptors (Lipinski definition) is 43. The Morgan fingerprint density at radius 2 is 1.22 bits per heavy atom. The first kappa shape index (κ1) is 139. The number of imide groups is 3. The third-order valence-electron chi connectivity index (χ3n) is 16.5. The number of tetrazole rings is 2. The number of hydrogen-bond donors (Lipinski definition) is 16. The minimum absolute atomic E-state index is 0.0127. The van der Waals surface area contributed by atoms with Gasteiger partial charge in [-0.3, -0.25) is 59.7 Å². The van der Waals surface area contributed by atoms with Crippen molar-refractivity contribution in [3.05, 3.63) is 157 Å². The zero-order chi connectivity index (χ0) is 115. The molecule has 55 nitrogen and oxygen atoms in total. The number of aliphatic hydroxyl groups excluding tert-OH is 1. The lowest BCUT2D eigenvalue weighted by molar-refractivity contribution is -0.191. The van der Waals surface area contributed by atoms with Crippen molar-refractivity contribution in [3.8, 4) is 0 Å². The third-order valence-corrected chi connectivity index (χ3v) is 19.6. The molecular formula is C88H147FN36O19S5. The number of thioether (sulfide) groups is 1. The average molecular weight is 2190 g/mol. The molecule has 3 atom stereocenters. The Morgan fingerprint density at radius 1 is 0.597 bits per heavy atom. The Bertz CT molecular complexity index is 5670. The fraction of sp³-hybridized carbons (Fsp3) is 0.614. The molecule has 11 aromatic rings. The Labute approximate surface area is 883 Å². The second kappa shape index (κ2) is 77.1. The summed E-state index contributed by atoms with van der Waals surface area (Å²) in [6, 6.07) is 2.08. The summed E-state index contributed by atoms with van der Waals surface area (Å²) in [6.07, 6.45) is 8.45. The molecule has 149 heavy (non-hydrogen) atoms. The van der Waals surface area contributed by atoms with Crippen molar-refractivity contribution in [2.75, 3.05) is 0 Å². The molecule has 8 amide bonds. The normalized spacial score (nSPS) is 14.0. The van der Waals surface area contributed by atoms with Gasteiger partial charge in [0.05, 0.1) is 40.9 Å². The van der Waals surface area contributed by atoms with E-state index in [1.54, 1.807) is 44.9 Å². The zero-order valence-electron chi connectivity index (χ0n) is 90.4. The molecule has 16 heterocycles. The van der Waals surface area contributed by atoms with Crippen LogP contribution >= 0.6 is 59.9 Å². The molecule has 0 saturated carbocycles. The fourth-order valence-electron chi connectivity index (χ4n) is 9.06. The van der Waals surface area contributed by atoms with Crippen molar-refractivity contribution in [2.24, 2.45) is 62.0 Å². The van der Waals surface area contributed by atoms with Crippen LogP contribution in [0.1, 0.15) is 335 Å². The number of H-pyrrole nitrogens is 10. The lowest BCUT2D eigenvalue weighted by atomic mass is 10.0. The van der Waals surface area contributed by atoms with Crippen molar-refractivity contribution in [1.29, 1.82) is 0 Å². The number of amides is 8. The Hall–Kier alpha value is -14.3. The molecule has 0 radical (unpaired) electrons. The van der Waals surface area contributed by atoms with Crippen LogP contribution in [0.5, 0.6) is 0 Å². The quantitative estimate of drug-likeness (QED) is 0.0208. The summed E-state index contributed by atoms with van der Waals surface area (Å²) in [5.41, 5.74) is 4.88. The van der Waals surface area contributed by atoms with Gasteiger partial charge in [0.25, 0.3) is 34.8 Å². The van der Waals surface area contributed by atoms with Crippen LogP contribution in [0.3, 0.4) is 0 Å². The molecule has 16 rings (SSSR count). The summed E-state index contributed by atoms with van der Waals surface area (Å²) >= 11 is 16.9. The Kier molecular flexibility index (Phi) is 71.8. The van der Waals surface area contributed by atoms with Gasteiger partial charge in [-0.15, -0.1) is 25.2 Å². The Balaban J connectivity index is -0.00000152. The lowest BCUT2D eigenvalue weighted by Gasteiger charge is -2.09. The highest BCUT2D eigenvalue weighted by Gasteiger charge is 2.35. The molecule has 0 bridgehead atoms. The van der Waals surface area contributed by atoms with Gasteiger partial charge in [0.2, 0.25) is 22.5 Å². The number of aromatic amines is 10. The van der Waals surface area contributed by atoms with E-state index in [2.05, 4.69) is 287 Å². The molecule has 0 aliphatic carbocycles. The summed E-state index contributed by atoms with van der Waals surface area (Å²) < 4.78 is 42.6. The molecule has 5 aliphatic heterocycles. The van der Waals surface area contributed by atoms with Gasteiger partial charge < -0.3 is 33.0 Å². The molecule has 16 N–H and O–H groups in total. The number of hydrazone groups is 1. The first-order valence-corrected chi connectivity index (χ1v) is 49.6. The van der Waals surface area contributed by atoms with Crippen LogP contribution in [0.2, 0.25) is 0 Å². The maximum absolute atomic E-state index is 12.4. The highest BCUT2D eigenvalue weighted by Crippen LogP contribution is 2.26. The molecule has 61 heteroatoms. The molecule has 2 saturated heterocycles. The topological polar surface area (TPSA) is 779 Å². The van der Waals surface area contributed by atoms with Gasteiger partial charge in [-0.05, 0) is 116 Å². The minimum Gasteiger partial charge on any atom is -0.503 e. The number of nitrogens with one attached hydrogen (secondary N) is 15. The largest absolute Gasteiger partial charge is 0.503 e. The van der Waals surface area contributed by atoms with Crippen LogP contribution in [0.4, 0.5) is 14.0 Å². The number of alkyl halides is 1. The van der Waals surface area contributed by atoms with Crippen LogP contribution < -0.4 is 49.3 Å². The molecule has 11 aromatic heterocycles. The van der Waals surface area contributed by atoms with Gasteiger partial charge in [-0.1, -0.05) is 252 Å². The van der Waals surface area contributed by atoms with Crippen molar-refractivity contribution < 1.29 is 75.3 Å². The number of aliphatic hydroxyl groups is 1. The minimum atomic E-state index is -1.29. The van der Waals surface area contributed by atoms with Gasteiger partial charge >= 0.3 is 34.1 Å². The van der Waals surface area contributed by atoms with E-state index in [1.807, 2.05) is 121 Å². The summed E-state index contributed by atoms with van der Waals surface area (Å²) in [7, 11) is 0. The maximum Gasteiger partial charge on any atom is 0.440 e. The van der Waals surface area contributed by atoms with Crippen molar-refractivity contribution >= 4 is 118 Å². The van der Waals surface area contributed by atoms with Gasteiger partial charge in [-0.25, -0.2) is 64.2 Å². The van der Waals surface area contributed by atoms with Gasteiger partial charge in [0.15, 0.2) is 17.9 Å². The summed E-state index contributed by atoms with van der Waals surface area (Å²) in [4.78, 5) is 150. The predicted octanol–water partition coefficient (Wildman–Crippen LogP) is 15.0. The van der Waals surface area contributed by atoms with E-state index in [9.17, 15) is 57.1 Å². The molecule has 5 aliphatic rings. The molecule has 3 unspecified atom stereocenters. The number of nitrogens with zero attached hydrogens (tertiary/aromatic N) is 21. The summed E-state index contributed by atoms with van der Waals surface area (Å²) in [5.74, 6) is 5.90. The third kappa shape index (κ3) is 63.7. The molecular weight excluding hydrogens is 2040 g/mol. The van der Waals surface area contributed by atoms with Crippen LogP contribution in [-0.2, 0) is 33.6 Å². The predicted molar refractivity (Wildman–Crippen MR) is 559 cm³/mol.